The quantitative estimate of drug-likeness (QED) is 0.937. The van der Waals surface area contributed by atoms with E-state index in [4.69, 9.17) is 4.42 Å². The Bertz CT molecular complexity index is 697. The monoisotopic (exact) mass is 327 g/mol. The van der Waals surface area contributed by atoms with Crippen LogP contribution in [0.25, 0.3) is 0 Å². The number of hydrogen-bond donors (Lipinski definition) is 1. The molecule has 0 unspecified atom stereocenters. The highest BCUT2D eigenvalue weighted by Gasteiger charge is 2.29. The standard InChI is InChI=1S/C19H23N2O3/c1-3-4-15-5-6-18(22)17(11-15)20-8-9-21(14(2)12-20)19(23)16-7-10-24-13-16/h3,5-7,10-11,13-14,22H,4,8-9,12H2,1-2H3/t14-/m1/s1. The van der Waals surface area contributed by atoms with Gasteiger partial charge in [-0.15, -0.1) is 0 Å². The Labute approximate surface area is 142 Å². The van der Waals surface area contributed by atoms with E-state index in [1.807, 2.05) is 30.9 Å². The van der Waals surface area contributed by atoms with Crippen LogP contribution >= 0.6 is 0 Å². The lowest BCUT2D eigenvalue weighted by Gasteiger charge is -2.41. The summed E-state index contributed by atoms with van der Waals surface area (Å²) in [5, 5.41) is 10.2. The van der Waals surface area contributed by atoms with Crippen molar-refractivity contribution in [1.29, 1.82) is 0 Å². The zero-order chi connectivity index (χ0) is 17.1. The van der Waals surface area contributed by atoms with Crippen LogP contribution in [0.5, 0.6) is 5.75 Å². The molecule has 0 spiro atoms. The maximum atomic E-state index is 12.5. The summed E-state index contributed by atoms with van der Waals surface area (Å²) in [6, 6.07) is 7.48. The summed E-state index contributed by atoms with van der Waals surface area (Å²) in [5.41, 5.74) is 2.60. The maximum absolute atomic E-state index is 12.5. The lowest BCUT2D eigenvalue weighted by Crippen LogP contribution is -2.54. The first-order valence-corrected chi connectivity index (χ1v) is 8.28. The van der Waals surface area contributed by atoms with Crippen molar-refractivity contribution in [3.63, 3.8) is 0 Å². The third-order valence-electron chi connectivity index (χ3n) is 4.48. The van der Waals surface area contributed by atoms with Crippen LogP contribution in [0.3, 0.4) is 0 Å². The van der Waals surface area contributed by atoms with E-state index in [0.29, 0.717) is 25.2 Å². The van der Waals surface area contributed by atoms with Gasteiger partial charge in [0.05, 0.1) is 17.5 Å². The molecule has 24 heavy (non-hydrogen) atoms. The van der Waals surface area contributed by atoms with Gasteiger partial charge >= 0.3 is 0 Å². The highest BCUT2D eigenvalue weighted by molar-refractivity contribution is 5.94. The van der Waals surface area contributed by atoms with Crippen molar-refractivity contribution in [2.24, 2.45) is 0 Å². The van der Waals surface area contributed by atoms with Crippen LogP contribution in [0.15, 0.2) is 41.2 Å². The zero-order valence-electron chi connectivity index (χ0n) is 14.1. The summed E-state index contributed by atoms with van der Waals surface area (Å²) >= 11 is 0. The SMILES string of the molecule is C[CH]Cc1ccc(O)c(N2CCN(C(=O)c3ccoc3)[C@H](C)C2)c1. The summed E-state index contributed by atoms with van der Waals surface area (Å²) in [4.78, 5) is 16.5. The fourth-order valence-corrected chi connectivity index (χ4v) is 3.22. The van der Waals surface area contributed by atoms with Crippen LogP contribution in [0, 0.1) is 6.42 Å². The number of nitrogens with zero attached hydrogens (tertiary/aromatic N) is 2. The molecule has 2 aromatic rings. The molecule has 1 aromatic heterocycles. The van der Waals surface area contributed by atoms with Gasteiger partial charge in [-0.2, -0.15) is 0 Å². The van der Waals surface area contributed by atoms with Gasteiger partial charge in [0.25, 0.3) is 5.91 Å². The van der Waals surface area contributed by atoms with Crippen molar-refractivity contribution in [3.05, 3.63) is 54.3 Å². The normalized spacial score (nSPS) is 18.0. The smallest absolute Gasteiger partial charge is 0.257 e. The minimum atomic E-state index is -0.00513. The maximum Gasteiger partial charge on any atom is 0.257 e. The number of furan rings is 1. The molecule has 1 aliphatic rings. The molecule has 1 aromatic carbocycles. The van der Waals surface area contributed by atoms with E-state index in [0.717, 1.165) is 12.1 Å². The second kappa shape index (κ2) is 6.99. The molecule has 3 rings (SSSR count). The Balaban J connectivity index is 1.73. The number of anilines is 1. The molecule has 127 valence electrons. The van der Waals surface area contributed by atoms with Gasteiger partial charge in [-0.25, -0.2) is 0 Å². The van der Waals surface area contributed by atoms with Gasteiger partial charge in [0.1, 0.15) is 12.0 Å². The van der Waals surface area contributed by atoms with E-state index < -0.39 is 0 Å². The molecule has 1 atom stereocenters. The third-order valence-corrected chi connectivity index (χ3v) is 4.48. The Kier molecular flexibility index (Phi) is 4.79. The highest BCUT2D eigenvalue weighted by Crippen LogP contribution is 2.30. The van der Waals surface area contributed by atoms with Crippen LogP contribution < -0.4 is 4.90 Å². The molecular formula is C19H23N2O3. The molecule has 0 aliphatic carbocycles. The van der Waals surface area contributed by atoms with Crippen LogP contribution in [0.1, 0.15) is 29.8 Å². The second-order valence-corrected chi connectivity index (χ2v) is 6.24. The number of carbonyl (C=O) groups excluding carboxylic acids is 1. The van der Waals surface area contributed by atoms with E-state index >= 15 is 0 Å². The first-order chi connectivity index (χ1) is 11.6. The van der Waals surface area contributed by atoms with Gasteiger partial charge in [0.15, 0.2) is 0 Å². The Morgan fingerprint density at radius 3 is 2.88 bits per heavy atom. The van der Waals surface area contributed by atoms with Crippen molar-refractivity contribution >= 4 is 11.6 Å². The summed E-state index contributed by atoms with van der Waals surface area (Å²) in [5.74, 6) is 0.283. The van der Waals surface area contributed by atoms with Crippen molar-refractivity contribution in [2.45, 2.75) is 26.3 Å². The number of aromatic hydroxyl groups is 1. The number of piperazine rings is 1. The number of phenols is 1. The molecule has 1 saturated heterocycles. The third kappa shape index (κ3) is 3.25. The Morgan fingerprint density at radius 2 is 2.21 bits per heavy atom. The van der Waals surface area contributed by atoms with Gasteiger partial charge in [-0.3, -0.25) is 4.79 Å². The largest absolute Gasteiger partial charge is 0.506 e. The molecule has 1 aliphatic heterocycles. The van der Waals surface area contributed by atoms with Crippen molar-refractivity contribution in [1.82, 2.24) is 4.90 Å². The van der Waals surface area contributed by atoms with Crippen LogP contribution in [-0.2, 0) is 6.42 Å². The summed E-state index contributed by atoms with van der Waals surface area (Å²) in [7, 11) is 0. The summed E-state index contributed by atoms with van der Waals surface area (Å²) < 4.78 is 5.01. The summed E-state index contributed by atoms with van der Waals surface area (Å²) in [6.45, 7) is 6.06. The predicted molar refractivity (Wildman–Crippen MR) is 93.2 cm³/mol. The average Bonchev–Trinajstić information content (AvgIpc) is 3.11. The zero-order valence-corrected chi connectivity index (χ0v) is 14.1. The average molecular weight is 327 g/mol. The topological polar surface area (TPSA) is 56.9 Å². The molecular weight excluding hydrogens is 304 g/mol. The fraction of sp³-hybridized carbons (Fsp3) is 0.368. The van der Waals surface area contributed by atoms with Gasteiger partial charge in [-0.1, -0.05) is 13.0 Å². The first kappa shape index (κ1) is 16.4. The lowest BCUT2D eigenvalue weighted by atomic mass is 10.1. The van der Waals surface area contributed by atoms with E-state index in [9.17, 15) is 9.90 Å². The van der Waals surface area contributed by atoms with Gasteiger partial charge < -0.3 is 19.3 Å². The number of carbonyl (C=O) groups is 1. The molecule has 2 heterocycles. The number of benzene rings is 1. The van der Waals surface area contributed by atoms with Gasteiger partial charge in [-0.05, 0) is 43.5 Å². The van der Waals surface area contributed by atoms with E-state index in [2.05, 4.69) is 11.3 Å². The number of amides is 1. The molecule has 1 fully saturated rings. The van der Waals surface area contributed by atoms with Crippen LogP contribution in [-0.4, -0.2) is 41.6 Å². The minimum Gasteiger partial charge on any atom is -0.506 e. The highest BCUT2D eigenvalue weighted by atomic mass is 16.3. The predicted octanol–water partition coefficient (Wildman–Crippen LogP) is 3.10. The lowest BCUT2D eigenvalue weighted by molar-refractivity contribution is 0.0673. The molecule has 0 saturated carbocycles. The molecule has 5 nitrogen and oxygen atoms in total. The Morgan fingerprint density at radius 1 is 1.38 bits per heavy atom. The number of phenolic OH excluding ortho intramolecular Hbond substituents is 1. The Hall–Kier alpha value is -2.43. The van der Waals surface area contributed by atoms with Gasteiger partial charge in [0.2, 0.25) is 0 Å². The van der Waals surface area contributed by atoms with E-state index in [1.165, 1.54) is 18.1 Å². The van der Waals surface area contributed by atoms with Crippen LogP contribution in [0.4, 0.5) is 5.69 Å². The van der Waals surface area contributed by atoms with Gasteiger partial charge in [0, 0.05) is 25.7 Å². The second-order valence-electron chi connectivity index (χ2n) is 6.24. The fourth-order valence-electron chi connectivity index (χ4n) is 3.22. The molecule has 5 heteroatoms. The number of hydrogen-bond acceptors (Lipinski definition) is 4. The van der Waals surface area contributed by atoms with E-state index in [1.54, 1.807) is 12.1 Å². The molecule has 1 amide bonds. The van der Waals surface area contributed by atoms with E-state index in [-0.39, 0.29) is 17.7 Å². The molecule has 1 radical (unpaired) electrons. The number of rotatable bonds is 4. The van der Waals surface area contributed by atoms with Crippen molar-refractivity contribution < 1.29 is 14.3 Å². The first-order valence-electron chi connectivity index (χ1n) is 8.28. The van der Waals surface area contributed by atoms with Crippen molar-refractivity contribution in [2.75, 3.05) is 24.5 Å². The summed E-state index contributed by atoms with van der Waals surface area (Å²) in [6.07, 6.45) is 5.97. The minimum absolute atomic E-state index is 0.00513. The van der Waals surface area contributed by atoms with Crippen LogP contribution in [0.2, 0.25) is 0 Å². The molecule has 1 N–H and O–H groups in total. The molecule has 0 bridgehead atoms. The van der Waals surface area contributed by atoms with Crippen molar-refractivity contribution in [3.8, 4) is 5.75 Å².